The van der Waals surface area contributed by atoms with Crippen LogP contribution < -0.4 is 0 Å². The van der Waals surface area contributed by atoms with E-state index in [1.165, 1.54) is 0 Å². The highest BCUT2D eigenvalue weighted by molar-refractivity contribution is 5.97. The number of phenols is 1. The zero-order valence-electron chi connectivity index (χ0n) is 13.9. The van der Waals surface area contributed by atoms with E-state index in [0.29, 0.717) is 24.6 Å². The van der Waals surface area contributed by atoms with E-state index in [2.05, 4.69) is 18.9 Å². The predicted octanol–water partition coefficient (Wildman–Crippen LogP) is 3.11. The molecule has 1 aliphatic heterocycles. The Morgan fingerprint density at radius 3 is 2.78 bits per heavy atom. The minimum absolute atomic E-state index is 0.0691. The maximum Gasteiger partial charge on any atom is 0.257 e. The third kappa shape index (κ3) is 3.09. The van der Waals surface area contributed by atoms with Gasteiger partial charge in [-0.3, -0.25) is 9.48 Å². The second-order valence-electron chi connectivity index (χ2n) is 6.62. The van der Waals surface area contributed by atoms with E-state index in [9.17, 15) is 9.90 Å². The molecule has 122 valence electrons. The molecule has 0 bridgehead atoms. The first kappa shape index (κ1) is 15.6. The Morgan fingerprint density at radius 2 is 2.17 bits per heavy atom. The van der Waals surface area contributed by atoms with Crippen LogP contribution in [-0.4, -0.2) is 38.8 Å². The van der Waals surface area contributed by atoms with Crippen molar-refractivity contribution in [3.8, 4) is 5.75 Å². The Morgan fingerprint density at radius 1 is 1.39 bits per heavy atom. The summed E-state index contributed by atoms with van der Waals surface area (Å²) in [5.41, 5.74) is 2.54. The standard InChI is InChI=1S/C18H23N3O2/c1-12(2)14-4-5-16(17(22)8-14)18(23)20-7-6-15(11-20)21-10-13(3)9-19-21/h4-5,8-10,12,15,22H,6-7,11H2,1-3H3. The van der Waals surface area contributed by atoms with Crippen LogP contribution in [0.15, 0.2) is 30.6 Å². The lowest BCUT2D eigenvalue weighted by Crippen LogP contribution is -2.29. The SMILES string of the molecule is Cc1cnn(C2CCN(C(=O)c3ccc(C(C)C)cc3O)C2)c1. The van der Waals surface area contributed by atoms with Crippen molar-refractivity contribution in [2.45, 2.75) is 39.2 Å². The van der Waals surface area contributed by atoms with Crippen molar-refractivity contribution in [3.63, 3.8) is 0 Å². The number of aryl methyl sites for hydroxylation is 1. The Hall–Kier alpha value is -2.30. The first-order chi connectivity index (χ1) is 11.0. The van der Waals surface area contributed by atoms with Gasteiger partial charge in [0.25, 0.3) is 5.91 Å². The van der Waals surface area contributed by atoms with Crippen molar-refractivity contribution in [3.05, 3.63) is 47.3 Å². The van der Waals surface area contributed by atoms with E-state index in [4.69, 9.17) is 0 Å². The number of carbonyl (C=O) groups is 1. The summed E-state index contributed by atoms with van der Waals surface area (Å²) in [7, 11) is 0. The highest BCUT2D eigenvalue weighted by Crippen LogP contribution is 2.28. The maximum absolute atomic E-state index is 12.7. The quantitative estimate of drug-likeness (QED) is 0.947. The average molecular weight is 313 g/mol. The molecule has 0 spiro atoms. The van der Waals surface area contributed by atoms with Crippen LogP contribution in [0.2, 0.25) is 0 Å². The Bertz CT molecular complexity index is 721. The van der Waals surface area contributed by atoms with Crippen LogP contribution in [0.5, 0.6) is 5.75 Å². The third-order valence-electron chi connectivity index (χ3n) is 4.47. The number of hydrogen-bond acceptors (Lipinski definition) is 3. The van der Waals surface area contributed by atoms with E-state index in [-0.39, 0.29) is 17.7 Å². The van der Waals surface area contributed by atoms with Gasteiger partial charge in [-0.05, 0) is 42.5 Å². The van der Waals surface area contributed by atoms with E-state index in [1.54, 1.807) is 17.0 Å². The lowest BCUT2D eigenvalue weighted by molar-refractivity contribution is 0.0784. The molecule has 2 aromatic rings. The molecule has 1 atom stereocenters. The Balaban J connectivity index is 1.74. The number of rotatable bonds is 3. The van der Waals surface area contributed by atoms with Crippen LogP contribution in [0.25, 0.3) is 0 Å². The van der Waals surface area contributed by atoms with Crippen molar-refractivity contribution in [1.82, 2.24) is 14.7 Å². The summed E-state index contributed by atoms with van der Waals surface area (Å²) in [6.45, 7) is 7.45. The highest BCUT2D eigenvalue weighted by Gasteiger charge is 2.29. The molecule has 1 amide bonds. The normalized spacial score (nSPS) is 17.9. The molecule has 5 heteroatoms. The second-order valence-corrected chi connectivity index (χ2v) is 6.62. The topological polar surface area (TPSA) is 58.4 Å². The monoisotopic (exact) mass is 313 g/mol. The predicted molar refractivity (Wildman–Crippen MR) is 88.7 cm³/mol. The number of hydrogen-bond donors (Lipinski definition) is 1. The molecule has 0 radical (unpaired) electrons. The number of benzene rings is 1. The largest absolute Gasteiger partial charge is 0.507 e. The number of nitrogens with zero attached hydrogens (tertiary/aromatic N) is 3. The first-order valence-corrected chi connectivity index (χ1v) is 8.08. The van der Waals surface area contributed by atoms with Crippen LogP contribution in [0.1, 0.15) is 53.7 Å². The molecule has 23 heavy (non-hydrogen) atoms. The van der Waals surface area contributed by atoms with Gasteiger partial charge < -0.3 is 10.0 Å². The average Bonchev–Trinajstić information content (AvgIpc) is 3.15. The molecule has 2 heterocycles. The fourth-order valence-corrected chi connectivity index (χ4v) is 3.03. The van der Waals surface area contributed by atoms with Gasteiger partial charge >= 0.3 is 0 Å². The summed E-state index contributed by atoms with van der Waals surface area (Å²) in [5.74, 6) is 0.285. The van der Waals surface area contributed by atoms with Crippen LogP contribution in [0.3, 0.4) is 0 Å². The lowest BCUT2D eigenvalue weighted by atomic mass is 10.0. The molecule has 5 nitrogen and oxygen atoms in total. The molecule has 3 rings (SSSR count). The lowest BCUT2D eigenvalue weighted by Gasteiger charge is -2.18. The van der Waals surface area contributed by atoms with E-state index in [1.807, 2.05) is 30.1 Å². The van der Waals surface area contributed by atoms with Crippen LogP contribution in [0, 0.1) is 6.92 Å². The van der Waals surface area contributed by atoms with Gasteiger partial charge in [0.2, 0.25) is 0 Å². The fourth-order valence-electron chi connectivity index (χ4n) is 3.03. The van der Waals surface area contributed by atoms with Gasteiger partial charge in [0.1, 0.15) is 5.75 Å². The van der Waals surface area contributed by atoms with Gasteiger partial charge in [0.15, 0.2) is 0 Å². The van der Waals surface area contributed by atoms with Crippen molar-refractivity contribution in [2.75, 3.05) is 13.1 Å². The van der Waals surface area contributed by atoms with Crippen molar-refractivity contribution in [1.29, 1.82) is 0 Å². The van der Waals surface area contributed by atoms with E-state index in [0.717, 1.165) is 17.5 Å². The van der Waals surface area contributed by atoms with Gasteiger partial charge in [0.05, 0.1) is 17.8 Å². The van der Waals surface area contributed by atoms with Gasteiger partial charge in [-0.15, -0.1) is 0 Å². The number of aromatic nitrogens is 2. The number of phenolic OH excluding ortho intramolecular Hbond substituents is 1. The van der Waals surface area contributed by atoms with Crippen LogP contribution in [0.4, 0.5) is 0 Å². The maximum atomic E-state index is 12.7. The Labute approximate surface area is 136 Å². The van der Waals surface area contributed by atoms with Crippen LogP contribution in [-0.2, 0) is 0 Å². The van der Waals surface area contributed by atoms with Gasteiger partial charge in [-0.2, -0.15) is 5.10 Å². The van der Waals surface area contributed by atoms with Crippen molar-refractivity contribution < 1.29 is 9.90 Å². The first-order valence-electron chi connectivity index (χ1n) is 8.08. The minimum Gasteiger partial charge on any atom is -0.507 e. The van der Waals surface area contributed by atoms with Crippen molar-refractivity contribution in [2.24, 2.45) is 0 Å². The second kappa shape index (κ2) is 6.07. The molecular weight excluding hydrogens is 290 g/mol. The molecule has 1 aromatic heterocycles. The molecule has 0 saturated carbocycles. The van der Waals surface area contributed by atoms with E-state index < -0.39 is 0 Å². The molecule has 1 saturated heterocycles. The summed E-state index contributed by atoms with van der Waals surface area (Å²) in [4.78, 5) is 14.5. The summed E-state index contributed by atoms with van der Waals surface area (Å²) in [6, 6.07) is 5.56. The molecule has 1 aliphatic rings. The summed E-state index contributed by atoms with van der Waals surface area (Å²) < 4.78 is 1.93. The highest BCUT2D eigenvalue weighted by atomic mass is 16.3. The summed E-state index contributed by atoms with van der Waals surface area (Å²) in [5, 5.41) is 14.5. The molecule has 1 fully saturated rings. The third-order valence-corrected chi connectivity index (χ3v) is 4.47. The van der Waals surface area contributed by atoms with Gasteiger partial charge in [0, 0.05) is 19.3 Å². The van der Waals surface area contributed by atoms with E-state index >= 15 is 0 Å². The summed E-state index contributed by atoms with van der Waals surface area (Å²) >= 11 is 0. The zero-order valence-corrected chi connectivity index (χ0v) is 13.9. The summed E-state index contributed by atoms with van der Waals surface area (Å²) in [6.07, 6.45) is 4.73. The molecule has 1 unspecified atom stereocenters. The Kier molecular flexibility index (Phi) is 4.11. The molecule has 1 aromatic carbocycles. The van der Waals surface area contributed by atoms with Gasteiger partial charge in [-0.1, -0.05) is 19.9 Å². The number of amides is 1. The number of aromatic hydroxyl groups is 1. The fraction of sp³-hybridized carbons (Fsp3) is 0.444. The molecule has 1 N–H and O–H groups in total. The van der Waals surface area contributed by atoms with Gasteiger partial charge in [-0.25, -0.2) is 0 Å². The molecular formula is C18H23N3O2. The van der Waals surface area contributed by atoms with Crippen LogP contribution >= 0.6 is 0 Å². The zero-order chi connectivity index (χ0) is 16.6. The molecule has 0 aliphatic carbocycles. The number of carbonyl (C=O) groups excluding carboxylic acids is 1. The smallest absolute Gasteiger partial charge is 0.257 e. The number of likely N-dealkylation sites (tertiary alicyclic amines) is 1. The van der Waals surface area contributed by atoms with Crippen molar-refractivity contribution >= 4 is 5.91 Å². The minimum atomic E-state index is -0.107.